The zero-order chi connectivity index (χ0) is 17.6. The van der Waals surface area contributed by atoms with E-state index in [1.54, 1.807) is 19.2 Å². The lowest BCUT2D eigenvalue weighted by molar-refractivity contribution is -0.120. The smallest absolute Gasteiger partial charge is 0.240 e. The molecule has 0 bridgehead atoms. The molecule has 0 aliphatic carbocycles. The molecule has 2 aromatic carbocycles. The largest absolute Gasteiger partial charge is 0.496 e. The fraction of sp³-hybridized carbons (Fsp3) is 0.235. The Morgan fingerprint density at radius 2 is 1.75 bits per heavy atom. The van der Waals surface area contributed by atoms with Gasteiger partial charge in [-0.1, -0.05) is 30.3 Å². The van der Waals surface area contributed by atoms with Gasteiger partial charge in [-0.15, -0.1) is 0 Å². The molecular weight excluding hydrogens is 328 g/mol. The summed E-state index contributed by atoms with van der Waals surface area (Å²) in [4.78, 5) is 12.2. The lowest BCUT2D eigenvalue weighted by Gasteiger charge is -2.09. The first kappa shape index (κ1) is 18.0. The molecule has 0 heterocycles. The Balaban J connectivity index is 1.94. The van der Waals surface area contributed by atoms with Crippen LogP contribution in [0.1, 0.15) is 11.1 Å². The van der Waals surface area contributed by atoms with Crippen LogP contribution in [0.4, 0.5) is 0 Å². The first-order chi connectivity index (χ1) is 11.5. The quantitative estimate of drug-likeness (QED) is 0.793. The zero-order valence-corrected chi connectivity index (χ0v) is 14.4. The highest BCUT2D eigenvalue weighted by molar-refractivity contribution is 7.89. The molecule has 0 aliphatic rings. The van der Waals surface area contributed by atoms with Gasteiger partial charge in [-0.3, -0.25) is 4.79 Å². The third-order valence-corrected chi connectivity index (χ3v) is 4.97. The summed E-state index contributed by atoms with van der Waals surface area (Å²) in [5.41, 5.74) is 1.63. The van der Waals surface area contributed by atoms with Crippen molar-refractivity contribution in [1.29, 1.82) is 0 Å². The minimum atomic E-state index is -3.45. The van der Waals surface area contributed by atoms with Crippen molar-refractivity contribution in [1.82, 2.24) is 10.0 Å². The van der Waals surface area contributed by atoms with E-state index in [0.717, 1.165) is 11.1 Å². The first-order valence-corrected chi connectivity index (χ1v) is 8.85. The summed E-state index contributed by atoms with van der Waals surface area (Å²) in [5.74, 6) is 0.542. The van der Waals surface area contributed by atoms with Crippen LogP contribution in [-0.4, -0.2) is 28.5 Å². The third kappa shape index (κ3) is 4.56. The molecule has 2 aromatic rings. The standard InChI is InChI=1S/C17H20N2O4S/c1-18-24(21,22)15-9-7-13(8-10-15)12-19-17(20)11-14-5-3-4-6-16(14)23-2/h3-10,18H,11-12H2,1-2H3,(H,19,20). The summed E-state index contributed by atoms with van der Waals surface area (Å²) in [6.07, 6.45) is 0.218. The van der Waals surface area contributed by atoms with Crippen molar-refractivity contribution in [3.05, 3.63) is 59.7 Å². The van der Waals surface area contributed by atoms with Gasteiger partial charge in [-0.2, -0.15) is 0 Å². The number of hydrogen-bond donors (Lipinski definition) is 2. The highest BCUT2D eigenvalue weighted by Gasteiger charge is 2.11. The van der Waals surface area contributed by atoms with E-state index in [2.05, 4.69) is 10.0 Å². The average Bonchev–Trinajstić information content (AvgIpc) is 2.61. The number of methoxy groups -OCH3 is 1. The van der Waals surface area contributed by atoms with Crippen molar-refractivity contribution in [3.8, 4) is 5.75 Å². The van der Waals surface area contributed by atoms with E-state index in [4.69, 9.17) is 4.74 Å². The Morgan fingerprint density at radius 3 is 2.38 bits per heavy atom. The fourth-order valence-electron chi connectivity index (χ4n) is 2.19. The molecule has 0 fully saturated rings. The normalized spacial score (nSPS) is 11.1. The molecule has 0 aromatic heterocycles. The molecule has 0 saturated carbocycles. The van der Waals surface area contributed by atoms with Gasteiger partial charge in [-0.25, -0.2) is 13.1 Å². The van der Waals surface area contributed by atoms with Gasteiger partial charge in [-0.05, 0) is 30.8 Å². The topological polar surface area (TPSA) is 84.5 Å². The summed E-state index contributed by atoms with van der Waals surface area (Å²) in [6.45, 7) is 0.327. The van der Waals surface area contributed by atoms with Crippen LogP contribution >= 0.6 is 0 Å². The number of nitrogens with one attached hydrogen (secondary N) is 2. The average molecular weight is 348 g/mol. The SMILES string of the molecule is CNS(=O)(=O)c1ccc(CNC(=O)Cc2ccccc2OC)cc1. The van der Waals surface area contributed by atoms with E-state index < -0.39 is 10.0 Å². The molecular formula is C17H20N2O4S. The summed E-state index contributed by atoms with van der Waals surface area (Å²) in [6, 6.07) is 13.7. The van der Waals surface area contributed by atoms with Crippen LogP contribution in [0.3, 0.4) is 0 Å². The summed E-state index contributed by atoms with van der Waals surface area (Å²) in [5, 5.41) is 2.81. The van der Waals surface area contributed by atoms with Crippen LogP contribution in [0.25, 0.3) is 0 Å². The zero-order valence-electron chi connectivity index (χ0n) is 13.6. The van der Waals surface area contributed by atoms with Crippen molar-refractivity contribution in [3.63, 3.8) is 0 Å². The maximum absolute atomic E-state index is 12.1. The van der Waals surface area contributed by atoms with Crippen molar-refractivity contribution in [2.75, 3.05) is 14.2 Å². The number of benzene rings is 2. The number of amides is 1. The van der Waals surface area contributed by atoms with Crippen molar-refractivity contribution >= 4 is 15.9 Å². The van der Waals surface area contributed by atoms with Crippen LogP contribution in [0.2, 0.25) is 0 Å². The van der Waals surface area contributed by atoms with Gasteiger partial charge < -0.3 is 10.1 Å². The van der Waals surface area contributed by atoms with E-state index in [1.165, 1.54) is 19.2 Å². The Labute approximate surface area is 141 Å². The number of carbonyl (C=O) groups excluding carboxylic acids is 1. The van der Waals surface area contributed by atoms with Gasteiger partial charge in [0, 0.05) is 12.1 Å². The van der Waals surface area contributed by atoms with E-state index in [9.17, 15) is 13.2 Å². The summed E-state index contributed by atoms with van der Waals surface area (Å²) >= 11 is 0. The van der Waals surface area contributed by atoms with Crippen LogP contribution in [0.5, 0.6) is 5.75 Å². The number of para-hydroxylation sites is 1. The van der Waals surface area contributed by atoms with Gasteiger partial charge in [0.2, 0.25) is 15.9 Å². The molecule has 2 rings (SSSR count). The Bertz CT molecular complexity index is 802. The first-order valence-electron chi connectivity index (χ1n) is 7.37. The molecule has 0 saturated heterocycles. The van der Waals surface area contributed by atoms with Crippen LogP contribution in [0, 0.1) is 0 Å². The van der Waals surface area contributed by atoms with Gasteiger partial charge in [0.05, 0.1) is 18.4 Å². The molecule has 0 aliphatic heterocycles. The molecule has 0 spiro atoms. The van der Waals surface area contributed by atoms with E-state index in [0.29, 0.717) is 12.3 Å². The summed E-state index contributed by atoms with van der Waals surface area (Å²) < 4.78 is 30.8. The molecule has 2 N–H and O–H groups in total. The van der Waals surface area contributed by atoms with Crippen LogP contribution in [0.15, 0.2) is 53.4 Å². The number of sulfonamides is 1. The maximum Gasteiger partial charge on any atom is 0.240 e. The second-order valence-electron chi connectivity index (χ2n) is 5.12. The van der Waals surface area contributed by atoms with Gasteiger partial charge in [0.1, 0.15) is 5.75 Å². The molecule has 7 heteroatoms. The minimum Gasteiger partial charge on any atom is -0.496 e. The van der Waals surface area contributed by atoms with Crippen molar-refractivity contribution in [2.45, 2.75) is 17.9 Å². The van der Waals surface area contributed by atoms with Gasteiger partial charge in [0.25, 0.3) is 0 Å². The molecule has 1 amide bonds. The van der Waals surface area contributed by atoms with E-state index >= 15 is 0 Å². The van der Waals surface area contributed by atoms with E-state index in [1.807, 2.05) is 24.3 Å². The molecule has 24 heavy (non-hydrogen) atoms. The minimum absolute atomic E-state index is 0.133. The van der Waals surface area contributed by atoms with Crippen molar-refractivity contribution < 1.29 is 17.9 Å². The maximum atomic E-state index is 12.1. The summed E-state index contributed by atoms with van der Waals surface area (Å²) in [7, 11) is -0.516. The number of rotatable bonds is 7. The molecule has 6 nitrogen and oxygen atoms in total. The monoisotopic (exact) mass is 348 g/mol. The van der Waals surface area contributed by atoms with Crippen LogP contribution < -0.4 is 14.8 Å². The molecule has 0 radical (unpaired) electrons. The second kappa shape index (κ2) is 7.94. The Morgan fingerprint density at radius 1 is 1.08 bits per heavy atom. The lowest BCUT2D eigenvalue weighted by atomic mass is 10.1. The van der Waals surface area contributed by atoms with E-state index in [-0.39, 0.29) is 17.2 Å². The number of hydrogen-bond acceptors (Lipinski definition) is 4. The Hall–Kier alpha value is -2.38. The molecule has 128 valence electrons. The van der Waals surface area contributed by atoms with Gasteiger partial charge in [0.15, 0.2) is 0 Å². The fourth-order valence-corrected chi connectivity index (χ4v) is 2.92. The molecule has 0 unspecified atom stereocenters. The number of carbonyl (C=O) groups is 1. The third-order valence-electron chi connectivity index (χ3n) is 3.54. The highest BCUT2D eigenvalue weighted by Crippen LogP contribution is 2.17. The predicted molar refractivity (Wildman–Crippen MR) is 91.2 cm³/mol. The number of ether oxygens (including phenoxy) is 1. The van der Waals surface area contributed by atoms with Crippen LogP contribution in [-0.2, 0) is 27.8 Å². The second-order valence-corrected chi connectivity index (χ2v) is 7.00. The molecule has 0 atom stereocenters. The van der Waals surface area contributed by atoms with Crippen molar-refractivity contribution in [2.24, 2.45) is 0 Å². The lowest BCUT2D eigenvalue weighted by Crippen LogP contribution is -2.24. The van der Waals surface area contributed by atoms with Gasteiger partial charge >= 0.3 is 0 Å². The highest BCUT2D eigenvalue weighted by atomic mass is 32.2. The predicted octanol–water partition coefficient (Wildman–Crippen LogP) is 1.46. The Kier molecular flexibility index (Phi) is 5.94.